The lowest BCUT2D eigenvalue weighted by Gasteiger charge is -2.08. The molecule has 0 aliphatic rings. The van der Waals surface area contributed by atoms with Crippen molar-refractivity contribution in [3.05, 3.63) is 50.9 Å². The van der Waals surface area contributed by atoms with Crippen molar-refractivity contribution in [2.24, 2.45) is 0 Å². The maximum absolute atomic E-state index is 11.5. The van der Waals surface area contributed by atoms with Gasteiger partial charge in [0.2, 0.25) is 0 Å². The smallest absolute Gasteiger partial charge is 0.336 e. The highest BCUT2D eigenvalue weighted by Gasteiger charge is 2.11. The standard InChI is InChI=1S/C16H15ClN2O4/c1-3-4-14-18-15(23-19-14)8-21-13-7-12-10(6-11(13)17)9(2)5-16(20)22-12/h5-7H,3-4,8H2,1-2H3. The molecule has 2 aromatic heterocycles. The van der Waals surface area contributed by atoms with Crippen molar-refractivity contribution in [3.63, 3.8) is 0 Å². The first-order valence-electron chi connectivity index (χ1n) is 7.25. The van der Waals surface area contributed by atoms with Crippen molar-refractivity contribution in [1.29, 1.82) is 0 Å². The second kappa shape index (κ2) is 6.42. The average Bonchev–Trinajstić information content (AvgIpc) is 2.94. The fourth-order valence-electron chi connectivity index (χ4n) is 2.24. The van der Waals surface area contributed by atoms with E-state index < -0.39 is 5.63 Å². The van der Waals surface area contributed by atoms with Crippen molar-refractivity contribution in [2.75, 3.05) is 0 Å². The van der Waals surface area contributed by atoms with Crippen LogP contribution in [0.3, 0.4) is 0 Å². The Bertz CT molecular complexity index is 901. The number of halogens is 1. The summed E-state index contributed by atoms with van der Waals surface area (Å²) in [4.78, 5) is 15.7. The molecule has 0 aliphatic carbocycles. The van der Waals surface area contributed by atoms with Gasteiger partial charge >= 0.3 is 5.63 Å². The highest BCUT2D eigenvalue weighted by Crippen LogP contribution is 2.31. The molecule has 23 heavy (non-hydrogen) atoms. The van der Waals surface area contributed by atoms with Gasteiger partial charge < -0.3 is 13.7 Å². The van der Waals surface area contributed by atoms with Crippen LogP contribution in [0, 0.1) is 6.92 Å². The monoisotopic (exact) mass is 334 g/mol. The summed E-state index contributed by atoms with van der Waals surface area (Å²) in [5, 5.41) is 5.04. The minimum absolute atomic E-state index is 0.0952. The van der Waals surface area contributed by atoms with Crippen molar-refractivity contribution >= 4 is 22.6 Å². The van der Waals surface area contributed by atoms with E-state index in [1.165, 1.54) is 6.07 Å². The molecule has 1 aromatic carbocycles. The van der Waals surface area contributed by atoms with Crippen LogP contribution in [-0.2, 0) is 13.0 Å². The summed E-state index contributed by atoms with van der Waals surface area (Å²) in [5.74, 6) is 1.41. The predicted octanol–water partition coefficient (Wildman–Crippen LogP) is 3.67. The molecule has 0 radical (unpaired) electrons. The van der Waals surface area contributed by atoms with E-state index in [1.807, 2.05) is 13.8 Å². The topological polar surface area (TPSA) is 78.4 Å². The van der Waals surface area contributed by atoms with Crippen LogP contribution < -0.4 is 10.4 Å². The number of aryl methyl sites for hydroxylation is 2. The van der Waals surface area contributed by atoms with Gasteiger partial charge in [0.1, 0.15) is 11.3 Å². The quantitative estimate of drug-likeness (QED) is 0.662. The Kier molecular flexibility index (Phi) is 4.34. The van der Waals surface area contributed by atoms with Crippen LogP contribution in [-0.4, -0.2) is 10.1 Å². The van der Waals surface area contributed by atoms with Gasteiger partial charge in [0.25, 0.3) is 5.89 Å². The number of fused-ring (bicyclic) bond motifs is 1. The Hall–Kier alpha value is -2.34. The minimum atomic E-state index is -0.413. The molecule has 7 heteroatoms. The average molecular weight is 335 g/mol. The molecule has 120 valence electrons. The van der Waals surface area contributed by atoms with Crippen LogP contribution in [0.5, 0.6) is 5.75 Å². The largest absolute Gasteiger partial charge is 0.482 e. The molecule has 0 N–H and O–H groups in total. The summed E-state index contributed by atoms with van der Waals surface area (Å²) in [7, 11) is 0. The molecular weight excluding hydrogens is 320 g/mol. The Morgan fingerprint density at radius 1 is 1.30 bits per heavy atom. The first kappa shape index (κ1) is 15.6. The van der Waals surface area contributed by atoms with E-state index in [1.54, 1.807) is 12.1 Å². The second-order valence-electron chi connectivity index (χ2n) is 5.17. The molecule has 0 atom stereocenters. The molecule has 0 unspecified atom stereocenters. The van der Waals surface area contributed by atoms with Gasteiger partial charge in [0.15, 0.2) is 12.4 Å². The van der Waals surface area contributed by atoms with Crippen molar-refractivity contribution in [3.8, 4) is 5.75 Å². The van der Waals surface area contributed by atoms with Crippen LogP contribution >= 0.6 is 11.6 Å². The maximum atomic E-state index is 11.5. The van der Waals surface area contributed by atoms with Gasteiger partial charge in [0, 0.05) is 23.9 Å². The number of aromatic nitrogens is 2. The third kappa shape index (κ3) is 3.37. The van der Waals surface area contributed by atoms with E-state index in [2.05, 4.69) is 10.1 Å². The van der Waals surface area contributed by atoms with Crippen LogP contribution in [0.15, 0.2) is 31.9 Å². The molecule has 3 rings (SSSR count). The van der Waals surface area contributed by atoms with Gasteiger partial charge in [-0.15, -0.1) is 0 Å². The molecule has 0 bridgehead atoms. The predicted molar refractivity (Wildman–Crippen MR) is 84.9 cm³/mol. The van der Waals surface area contributed by atoms with Gasteiger partial charge in [-0.05, 0) is 25.0 Å². The Morgan fingerprint density at radius 2 is 2.13 bits per heavy atom. The molecule has 2 heterocycles. The molecule has 6 nitrogen and oxygen atoms in total. The fourth-order valence-corrected chi connectivity index (χ4v) is 2.46. The highest BCUT2D eigenvalue weighted by molar-refractivity contribution is 6.32. The molecule has 0 amide bonds. The number of rotatable bonds is 5. The van der Waals surface area contributed by atoms with E-state index in [0.717, 1.165) is 23.8 Å². The maximum Gasteiger partial charge on any atom is 0.336 e. The molecule has 0 saturated heterocycles. The molecule has 0 fully saturated rings. The van der Waals surface area contributed by atoms with E-state index in [-0.39, 0.29) is 6.61 Å². The first-order chi connectivity index (χ1) is 11.1. The zero-order chi connectivity index (χ0) is 16.4. The van der Waals surface area contributed by atoms with Gasteiger partial charge in [-0.1, -0.05) is 23.7 Å². The summed E-state index contributed by atoms with van der Waals surface area (Å²) >= 11 is 6.22. The summed E-state index contributed by atoms with van der Waals surface area (Å²) in [6, 6.07) is 4.73. The SMILES string of the molecule is CCCc1noc(COc2cc3oc(=O)cc(C)c3cc2Cl)n1. The number of benzene rings is 1. The van der Waals surface area contributed by atoms with E-state index in [4.69, 9.17) is 25.3 Å². The van der Waals surface area contributed by atoms with E-state index in [0.29, 0.717) is 28.1 Å². The molecular formula is C16H15ClN2O4. The number of hydrogen-bond acceptors (Lipinski definition) is 6. The summed E-state index contributed by atoms with van der Waals surface area (Å²) in [6.45, 7) is 3.96. The van der Waals surface area contributed by atoms with Crippen molar-refractivity contribution in [2.45, 2.75) is 33.3 Å². The van der Waals surface area contributed by atoms with Crippen LogP contribution in [0.1, 0.15) is 30.6 Å². The lowest BCUT2D eigenvalue weighted by molar-refractivity contribution is 0.242. The number of nitrogens with zero attached hydrogens (tertiary/aromatic N) is 2. The van der Waals surface area contributed by atoms with Gasteiger partial charge in [-0.3, -0.25) is 0 Å². The lowest BCUT2D eigenvalue weighted by Crippen LogP contribution is -2.00. The van der Waals surface area contributed by atoms with Crippen LogP contribution in [0.4, 0.5) is 0 Å². The van der Waals surface area contributed by atoms with Crippen LogP contribution in [0.2, 0.25) is 5.02 Å². The third-order valence-electron chi connectivity index (χ3n) is 3.34. The molecule has 0 spiro atoms. The van der Waals surface area contributed by atoms with Gasteiger partial charge in [0.05, 0.1) is 5.02 Å². The Labute approximate surface area is 137 Å². The number of hydrogen-bond donors (Lipinski definition) is 0. The normalized spacial score (nSPS) is 11.1. The van der Waals surface area contributed by atoms with E-state index >= 15 is 0 Å². The minimum Gasteiger partial charge on any atom is -0.482 e. The summed E-state index contributed by atoms with van der Waals surface area (Å²) in [6.07, 6.45) is 1.69. The fraction of sp³-hybridized carbons (Fsp3) is 0.312. The summed E-state index contributed by atoms with van der Waals surface area (Å²) in [5.41, 5.74) is 0.807. The summed E-state index contributed by atoms with van der Waals surface area (Å²) < 4.78 is 15.9. The second-order valence-corrected chi connectivity index (χ2v) is 5.58. The lowest BCUT2D eigenvalue weighted by atomic mass is 10.1. The number of ether oxygens (including phenoxy) is 1. The molecule has 0 aliphatic heterocycles. The zero-order valence-corrected chi connectivity index (χ0v) is 13.5. The highest BCUT2D eigenvalue weighted by atomic mass is 35.5. The van der Waals surface area contributed by atoms with Gasteiger partial charge in [-0.2, -0.15) is 4.98 Å². The van der Waals surface area contributed by atoms with Crippen molar-refractivity contribution in [1.82, 2.24) is 10.1 Å². The Balaban J connectivity index is 1.84. The van der Waals surface area contributed by atoms with Crippen molar-refractivity contribution < 1.29 is 13.7 Å². The third-order valence-corrected chi connectivity index (χ3v) is 3.63. The van der Waals surface area contributed by atoms with Crippen LogP contribution in [0.25, 0.3) is 11.0 Å². The first-order valence-corrected chi connectivity index (χ1v) is 7.63. The molecule has 0 saturated carbocycles. The van der Waals surface area contributed by atoms with Gasteiger partial charge in [-0.25, -0.2) is 4.79 Å². The zero-order valence-electron chi connectivity index (χ0n) is 12.8. The Morgan fingerprint density at radius 3 is 2.91 bits per heavy atom. The molecule has 3 aromatic rings. The van der Waals surface area contributed by atoms with E-state index in [9.17, 15) is 4.79 Å².